The number of esters is 1. The number of halogens is 1. The number of methoxy groups -OCH3 is 1. The Labute approximate surface area is 117 Å². The van der Waals surface area contributed by atoms with Crippen molar-refractivity contribution in [3.63, 3.8) is 0 Å². The number of aromatic nitrogens is 1. The first kappa shape index (κ1) is 16.9. The van der Waals surface area contributed by atoms with Gasteiger partial charge in [-0.2, -0.15) is 0 Å². The van der Waals surface area contributed by atoms with Gasteiger partial charge in [-0.15, -0.1) is 11.3 Å². The molecule has 0 fully saturated rings. The molecule has 0 aliphatic carbocycles. The van der Waals surface area contributed by atoms with Crippen molar-refractivity contribution >= 4 is 39.1 Å². The van der Waals surface area contributed by atoms with Gasteiger partial charge in [-0.05, 0) is 6.07 Å². The summed E-state index contributed by atoms with van der Waals surface area (Å²) in [6.45, 7) is 8.00. The van der Waals surface area contributed by atoms with Crippen molar-refractivity contribution in [2.45, 2.75) is 27.7 Å². The van der Waals surface area contributed by atoms with Gasteiger partial charge in [-0.25, -0.2) is 4.79 Å². The zero-order chi connectivity index (χ0) is 14.1. The lowest BCUT2D eigenvalue weighted by atomic mass is 10.3. The average Bonchev–Trinajstić information content (AvgIpc) is 2.88. The van der Waals surface area contributed by atoms with Gasteiger partial charge < -0.3 is 4.74 Å². The van der Waals surface area contributed by atoms with Crippen LogP contribution in [0.2, 0.25) is 5.02 Å². The van der Waals surface area contributed by atoms with Crippen molar-refractivity contribution < 1.29 is 9.53 Å². The molecule has 0 atom stereocenters. The maximum atomic E-state index is 11.3. The summed E-state index contributed by atoms with van der Waals surface area (Å²) in [7, 11) is 1.34. The second-order valence-electron chi connectivity index (χ2n) is 2.61. The minimum absolute atomic E-state index is 0.383. The number of hydrogen-bond acceptors (Lipinski definition) is 4. The largest absolute Gasteiger partial charge is 0.465 e. The molecule has 100 valence electrons. The van der Waals surface area contributed by atoms with E-state index < -0.39 is 0 Å². The Morgan fingerprint density at radius 3 is 2.50 bits per heavy atom. The molecule has 2 aromatic heterocycles. The van der Waals surface area contributed by atoms with Crippen LogP contribution in [-0.2, 0) is 4.74 Å². The fourth-order valence-electron chi connectivity index (χ4n) is 1.16. The van der Waals surface area contributed by atoms with E-state index in [1.165, 1.54) is 18.4 Å². The summed E-state index contributed by atoms with van der Waals surface area (Å²) in [6, 6.07) is 1.70. The fourth-order valence-corrected chi connectivity index (χ4v) is 2.33. The third-order valence-electron chi connectivity index (χ3n) is 1.81. The maximum Gasteiger partial charge on any atom is 0.340 e. The van der Waals surface area contributed by atoms with Crippen molar-refractivity contribution in [1.82, 2.24) is 4.98 Å². The minimum atomic E-state index is -0.383. The number of carbonyl (C=O) groups is 1. The molecule has 0 unspecified atom stereocenters. The van der Waals surface area contributed by atoms with Crippen LogP contribution in [0.3, 0.4) is 0 Å². The number of pyridine rings is 1. The Bertz CT molecular complexity index is 497. The van der Waals surface area contributed by atoms with Crippen LogP contribution in [0.4, 0.5) is 0 Å². The van der Waals surface area contributed by atoms with Gasteiger partial charge in [0, 0.05) is 11.6 Å². The molecule has 0 spiro atoms. The number of carbonyl (C=O) groups excluding carboxylic acids is 1. The van der Waals surface area contributed by atoms with E-state index in [1.807, 2.05) is 27.7 Å². The van der Waals surface area contributed by atoms with E-state index in [1.54, 1.807) is 17.6 Å². The van der Waals surface area contributed by atoms with E-state index in [-0.39, 0.29) is 5.97 Å². The molecule has 2 rings (SSSR count). The lowest BCUT2D eigenvalue weighted by molar-refractivity contribution is 0.0603. The molecular weight excluding hydrogens is 270 g/mol. The fraction of sp³-hybridized carbons (Fsp3) is 0.385. The Kier molecular flexibility index (Phi) is 8.33. The summed E-state index contributed by atoms with van der Waals surface area (Å²) < 4.78 is 5.44. The molecule has 0 aliphatic rings. The molecule has 0 aromatic carbocycles. The number of ether oxygens (including phenoxy) is 1. The van der Waals surface area contributed by atoms with E-state index in [0.29, 0.717) is 16.1 Å². The van der Waals surface area contributed by atoms with Gasteiger partial charge in [-0.3, -0.25) is 4.98 Å². The second kappa shape index (κ2) is 8.89. The molecule has 0 aliphatic heterocycles. The number of nitrogens with zero attached hydrogens (tertiary/aromatic N) is 1. The molecule has 2 aromatic rings. The molecule has 0 saturated carbocycles. The van der Waals surface area contributed by atoms with Crippen molar-refractivity contribution in [3.05, 3.63) is 28.2 Å². The van der Waals surface area contributed by atoms with Crippen LogP contribution in [0.25, 0.3) is 10.2 Å². The molecule has 0 N–H and O–H groups in total. The van der Waals surface area contributed by atoms with Gasteiger partial charge in [0.15, 0.2) is 0 Å². The van der Waals surface area contributed by atoms with Crippen molar-refractivity contribution in [1.29, 1.82) is 0 Å². The number of thiophene rings is 1. The highest BCUT2D eigenvalue weighted by molar-refractivity contribution is 7.18. The first-order chi connectivity index (χ1) is 8.74. The first-order valence-corrected chi connectivity index (χ1v) is 7.10. The predicted molar refractivity (Wildman–Crippen MR) is 78.7 cm³/mol. The maximum absolute atomic E-state index is 11.3. The van der Waals surface area contributed by atoms with Gasteiger partial charge in [0.05, 0.1) is 27.9 Å². The smallest absolute Gasteiger partial charge is 0.340 e. The summed E-state index contributed by atoms with van der Waals surface area (Å²) in [5.74, 6) is -0.383. The van der Waals surface area contributed by atoms with Gasteiger partial charge in [0.25, 0.3) is 0 Å². The topological polar surface area (TPSA) is 39.2 Å². The Balaban J connectivity index is 0.000000659. The lowest BCUT2D eigenvalue weighted by Gasteiger charge is -1.96. The number of hydrogen-bond donors (Lipinski definition) is 0. The highest BCUT2D eigenvalue weighted by Gasteiger charge is 2.14. The summed E-state index contributed by atoms with van der Waals surface area (Å²) in [5, 5.41) is 2.31. The third kappa shape index (κ3) is 3.68. The monoisotopic (exact) mass is 287 g/mol. The van der Waals surface area contributed by atoms with Crippen LogP contribution in [0, 0.1) is 0 Å². The van der Waals surface area contributed by atoms with E-state index >= 15 is 0 Å². The van der Waals surface area contributed by atoms with Gasteiger partial charge in [-0.1, -0.05) is 39.3 Å². The van der Waals surface area contributed by atoms with Gasteiger partial charge in [0.1, 0.15) is 0 Å². The lowest BCUT2D eigenvalue weighted by Crippen LogP contribution is -1.99. The van der Waals surface area contributed by atoms with Crippen molar-refractivity contribution in [2.24, 2.45) is 0 Å². The molecule has 0 amide bonds. The van der Waals surface area contributed by atoms with Crippen molar-refractivity contribution in [3.8, 4) is 0 Å². The normalized spacial score (nSPS) is 8.78. The zero-order valence-corrected chi connectivity index (χ0v) is 12.9. The summed E-state index contributed by atoms with van der Waals surface area (Å²) in [5.41, 5.74) is 1.07. The standard InChI is InChI=1S/C9H6ClNO2S.2C2H6/c1-13-9(12)5-4-14-8-6(10)2-3-11-7(5)8;2*1-2/h2-4H,1H3;2*1-2H3. The highest BCUT2D eigenvalue weighted by Crippen LogP contribution is 2.30. The first-order valence-electron chi connectivity index (χ1n) is 5.84. The van der Waals surface area contributed by atoms with Gasteiger partial charge >= 0.3 is 5.97 Å². The third-order valence-corrected chi connectivity index (χ3v) is 3.24. The van der Waals surface area contributed by atoms with Gasteiger partial charge in [0.2, 0.25) is 0 Å². The van der Waals surface area contributed by atoms with E-state index in [2.05, 4.69) is 9.72 Å². The van der Waals surface area contributed by atoms with Crippen LogP contribution in [0.15, 0.2) is 17.6 Å². The Hall–Kier alpha value is -1.13. The van der Waals surface area contributed by atoms with E-state index in [0.717, 1.165) is 4.70 Å². The number of rotatable bonds is 1. The van der Waals surface area contributed by atoms with Crippen LogP contribution in [0.5, 0.6) is 0 Å². The Morgan fingerprint density at radius 2 is 1.94 bits per heavy atom. The Morgan fingerprint density at radius 1 is 1.33 bits per heavy atom. The molecule has 0 saturated heterocycles. The quantitative estimate of drug-likeness (QED) is 0.708. The summed E-state index contributed by atoms with van der Waals surface area (Å²) in [4.78, 5) is 15.4. The minimum Gasteiger partial charge on any atom is -0.465 e. The molecule has 18 heavy (non-hydrogen) atoms. The molecule has 0 radical (unpaired) electrons. The molecule has 5 heteroatoms. The van der Waals surface area contributed by atoms with E-state index in [4.69, 9.17) is 11.6 Å². The van der Waals surface area contributed by atoms with E-state index in [9.17, 15) is 4.79 Å². The summed E-state index contributed by atoms with van der Waals surface area (Å²) in [6.07, 6.45) is 1.57. The highest BCUT2D eigenvalue weighted by atomic mass is 35.5. The second-order valence-corrected chi connectivity index (χ2v) is 3.90. The van der Waals surface area contributed by atoms with Crippen LogP contribution in [0.1, 0.15) is 38.1 Å². The number of fused-ring (bicyclic) bond motifs is 1. The van der Waals surface area contributed by atoms with Crippen LogP contribution >= 0.6 is 22.9 Å². The molecule has 2 heterocycles. The van der Waals surface area contributed by atoms with Crippen molar-refractivity contribution in [2.75, 3.05) is 7.11 Å². The van der Waals surface area contributed by atoms with Crippen LogP contribution in [-0.4, -0.2) is 18.1 Å². The average molecular weight is 288 g/mol. The summed E-state index contributed by atoms with van der Waals surface area (Å²) >= 11 is 7.33. The van der Waals surface area contributed by atoms with Crippen LogP contribution < -0.4 is 0 Å². The predicted octanol–water partition coefficient (Wildman–Crippen LogP) is 4.79. The molecule has 0 bridgehead atoms. The molecule has 3 nitrogen and oxygen atoms in total. The zero-order valence-electron chi connectivity index (χ0n) is 11.3. The SMILES string of the molecule is CC.CC.COC(=O)c1csc2c(Cl)ccnc12. The molecular formula is C13H18ClNO2S.